The summed E-state index contributed by atoms with van der Waals surface area (Å²) < 4.78 is 12.7. The van der Waals surface area contributed by atoms with Crippen molar-refractivity contribution in [3.05, 3.63) is 103 Å². The summed E-state index contributed by atoms with van der Waals surface area (Å²) in [6.45, 7) is 0. The number of carboxylic acid groups (broad SMARTS) is 1. The van der Waals surface area contributed by atoms with Gasteiger partial charge in [-0.3, -0.25) is 0 Å². The molecule has 0 aliphatic rings. The van der Waals surface area contributed by atoms with Gasteiger partial charge in [-0.15, -0.1) is 0 Å². The summed E-state index contributed by atoms with van der Waals surface area (Å²) in [5.74, 6) is 1.21. The first-order valence-corrected chi connectivity index (χ1v) is 15.9. The van der Waals surface area contributed by atoms with Gasteiger partial charge in [-0.25, -0.2) is 0 Å². The Bertz CT molecular complexity index is 1220. The molecule has 0 atom stereocenters. The van der Waals surface area contributed by atoms with E-state index in [-0.39, 0.29) is 5.56 Å². The normalized spacial score (nSPS) is 12.3. The summed E-state index contributed by atoms with van der Waals surface area (Å²) in [6, 6.07) is 31.0. The quantitative estimate of drug-likeness (QED) is 0.230. The summed E-state index contributed by atoms with van der Waals surface area (Å²) in [6.07, 6.45) is 0. The number of methoxy groups -OCH3 is 3. The SMILES string of the molecule is COc1ccc(P(I)(c2ccc(OC)cc2)(c2ccc(OC)cc2)c2ccccc2C(=O)O)cc1. The van der Waals surface area contributed by atoms with Crippen molar-refractivity contribution in [1.82, 2.24) is 0 Å². The van der Waals surface area contributed by atoms with E-state index in [2.05, 4.69) is 22.0 Å². The van der Waals surface area contributed by atoms with Crippen LogP contribution >= 0.6 is 26.3 Å². The molecule has 0 fully saturated rings. The fourth-order valence-corrected chi connectivity index (χ4v) is 13.5. The van der Waals surface area contributed by atoms with E-state index < -0.39 is 10.2 Å². The second kappa shape index (κ2) is 9.88. The van der Waals surface area contributed by atoms with Crippen LogP contribution < -0.4 is 35.4 Å². The van der Waals surface area contributed by atoms with Gasteiger partial charge in [-0.1, -0.05) is 0 Å². The predicted molar refractivity (Wildman–Crippen MR) is 152 cm³/mol. The van der Waals surface area contributed by atoms with Gasteiger partial charge in [0.1, 0.15) is 0 Å². The molecule has 180 valence electrons. The maximum atomic E-state index is 12.6. The molecule has 0 spiro atoms. The van der Waals surface area contributed by atoms with Crippen molar-refractivity contribution in [2.45, 2.75) is 0 Å². The van der Waals surface area contributed by atoms with Gasteiger partial charge in [0, 0.05) is 0 Å². The van der Waals surface area contributed by atoms with Gasteiger partial charge < -0.3 is 0 Å². The van der Waals surface area contributed by atoms with Crippen LogP contribution in [0.3, 0.4) is 0 Å². The topological polar surface area (TPSA) is 65.0 Å². The molecule has 7 heteroatoms. The molecule has 0 bridgehead atoms. The van der Waals surface area contributed by atoms with Crippen LogP contribution in [-0.4, -0.2) is 32.4 Å². The average Bonchev–Trinajstić information content (AvgIpc) is 2.93. The molecule has 0 unspecified atom stereocenters. The summed E-state index contributed by atoms with van der Waals surface area (Å²) >= 11 is 2.55. The van der Waals surface area contributed by atoms with Gasteiger partial charge in [-0.2, -0.15) is 0 Å². The van der Waals surface area contributed by atoms with Crippen molar-refractivity contribution in [3.8, 4) is 17.2 Å². The maximum absolute atomic E-state index is 12.6. The van der Waals surface area contributed by atoms with Gasteiger partial charge in [0.2, 0.25) is 0 Å². The summed E-state index contributed by atoms with van der Waals surface area (Å²) in [5, 5.41) is 14.0. The van der Waals surface area contributed by atoms with E-state index in [1.165, 1.54) is 0 Å². The van der Waals surface area contributed by atoms with Crippen LogP contribution in [0.1, 0.15) is 10.4 Å². The fraction of sp³-hybridized carbons (Fsp3) is 0.107. The predicted octanol–water partition coefficient (Wildman–Crippen LogP) is 4.92. The number of rotatable bonds is 8. The zero-order chi connectivity index (χ0) is 25.1. The van der Waals surface area contributed by atoms with Crippen LogP contribution in [0, 0.1) is 0 Å². The van der Waals surface area contributed by atoms with Crippen molar-refractivity contribution in [2.24, 2.45) is 0 Å². The molecule has 4 aromatic carbocycles. The van der Waals surface area contributed by atoms with Crippen molar-refractivity contribution in [2.75, 3.05) is 21.3 Å². The van der Waals surface area contributed by atoms with E-state index in [4.69, 9.17) is 14.2 Å². The molecule has 0 saturated carbocycles. The van der Waals surface area contributed by atoms with Crippen LogP contribution in [0.4, 0.5) is 0 Å². The number of halogens is 1. The van der Waals surface area contributed by atoms with Crippen molar-refractivity contribution < 1.29 is 24.1 Å². The van der Waals surface area contributed by atoms with Gasteiger partial charge in [0.05, 0.1) is 0 Å². The van der Waals surface area contributed by atoms with Crippen LogP contribution in [-0.2, 0) is 0 Å². The van der Waals surface area contributed by atoms with E-state index in [1.54, 1.807) is 33.5 Å². The molecule has 0 radical (unpaired) electrons. The molecule has 0 heterocycles. The second-order valence-corrected chi connectivity index (χ2v) is 17.8. The summed E-state index contributed by atoms with van der Waals surface area (Å²) in [5.41, 5.74) is 0.266. The van der Waals surface area contributed by atoms with Crippen molar-refractivity contribution in [3.63, 3.8) is 0 Å². The fourth-order valence-electron chi connectivity index (χ4n) is 4.47. The Morgan fingerprint density at radius 3 is 1.29 bits per heavy atom. The number of ether oxygens (including phenoxy) is 3. The van der Waals surface area contributed by atoms with E-state index in [9.17, 15) is 9.90 Å². The number of aromatic carboxylic acids is 1. The van der Waals surface area contributed by atoms with Crippen LogP contribution in [0.5, 0.6) is 17.2 Å². The monoisotopic (exact) mass is 600 g/mol. The van der Waals surface area contributed by atoms with Gasteiger partial charge in [-0.05, 0) is 0 Å². The Morgan fingerprint density at radius 1 is 0.629 bits per heavy atom. The Morgan fingerprint density at radius 2 is 0.971 bits per heavy atom. The molecule has 0 aliphatic heterocycles. The van der Waals surface area contributed by atoms with Crippen LogP contribution in [0.25, 0.3) is 0 Å². The molecule has 4 aromatic rings. The molecule has 5 nitrogen and oxygen atoms in total. The minimum absolute atomic E-state index is 0.266. The van der Waals surface area contributed by atoms with E-state index >= 15 is 0 Å². The van der Waals surface area contributed by atoms with E-state index in [1.807, 2.05) is 84.9 Å². The number of benzene rings is 4. The molecular formula is C28H26IO5P. The first kappa shape index (κ1) is 25.0. The molecule has 0 amide bonds. The molecule has 0 saturated heterocycles. The molecule has 0 aliphatic carbocycles. The third kappa shape index (κ3) is 4.05. The summed E-state index contributed by atoms with van der Waals surface area (Å²) in [7, 11) is 4.89. The van der Waals surface area contributed by atoms with Crippen LogP contribution in [0.2, 0.25) is 0 Å². The van der Waals surface area contributed by atoms with Crippen molar-refractivity contribution >= 4 is 53.5 Å². The first-order valence-electron chi connectivity index (χ1n) is 10.9. The number of carboxylic acids is 1. The zero-order valence-electron chi connectivity index (χ0n) is 19.6. The Labute approximate surface area is 218 Å². The number of carbonyl (C=O) groups is 1. The molecule has 35 heavy (non-hydrogen) atoms. The third-order valence-corrected chi connectivity index (χ3v) is 17.9. The zero-order valence-corrected chi connectivity index (χ0v) is 22.7. The minimum atomic E-state index is -3.62. The number of hydrogen-bond acceptors (Lipinski definition) is 4. The van der Waals surface area contributed by atoms with Gasteiger partial charge >= 0.3 is 219 Å². The molecule has 1 N–H and O–H groups in total. The van der Waals surface area contributed by atoms with E-state index in [0.29, 0.717) is 0 Å². The van der Waals surface area contributed by atoms with Crippen LogP contribution in [0.15, 0.2) is 97.1 Å². The molecular weight excluding hydrogens is 574 g/mol. The number of hydrogen-bond donors (Lipinski definition) is 1. The second-order valence-electron chi connectivity index (χ2n) is 7.93. The van der Waals surface area contributed by atoms with E-state index in [0.717, 1.165) is 38.5 Å². The Balaban J connectivity index is 2.23. The third-order valence-electron chi connectivity index (χ3n) is 6.26. The first-order chi connectivity index (χ1) is 16.9. The molecule has 4 rings (SSSR count). The Hall–Kier alpha value is -3.09. The van der Waals surface area contributed by atoms with Gasteiger partial charge in [0.25, 0.3) is 0 Å². The Kier molecular flexibility index (Phi) is 7.06. The summed E-state index contributed by atoms with van der Waals surface area (Å²) in [4.78, 5) is 12.6. The van der Waals surface area contributed by atoms with Crippen molar-refractivity contribution in [1.29, 1.82) is 0 Å². The molecule has 0 aromatic heterocycles. The average molecular weight is 600 g/mol. The standard InChI is InChI=1S/C28H26IO5P/c1-32-20-8-14-23(15-9-20)35(29,24-16-10-21(33-2)11-17-24,25-18-12-22(34-3)13-19-25)27-7-5-4-6-26(27)28(30)31/h4-19H,1-3H3,(H,30,31). The van der Waals surface area contributed by atoms with Gasteiger partial charge in [0.15, 0.2) is 0 Å².